The van der Waals surface area contributed by atoms with Crippen molar-refractivity contribution in [3.8, 4) is 18.1 Å². The lowest BCUT2D eigenvalue weighted by atomic mass is 10.0. The van der Waals surface area contributed by atoms with Gasteiger partial charge in [-0.05, 0) is 30.2 Å². The van der Waals surface area contributed by atoms with Crippen LogP contribution in [0.5, 0.6) is 5.75 Å². The molecule has 0 saturated carbocycles. The molecule has 1 unspecified atom stereocenters. The molecule has 0 aromatic heterocycles. The fraction of sp³-hybridized carbons (Fsp3) is 0.333. The van der Waals surface area contributed by atoms with E-state index in [2.05, 4.69) is 11.2 Å². The Bertz CT molecular complexity index is 514. The maximum atomic E-state index is 11.9. The van der Waals surface area contributed by atoms with Crippen LogP contribution in [0.3, 0.4) is 0 Å². The Labute approximate surface area is 117 Å². The molecule has 20 heavy (non-hydrogen) atoms. The van der Waals surface area contributed by atoms with Crippen LogP contribution in [0.2, 0.25) is 0 Å². The predicted molar refractivity (Wildman–Crippen MR) is 74.5 cm³/mol. The molecule has 0 aliphatic rings. The predicted octanol–water partition coefficient (Wildman–Crippen LogP) is 1.54. The monoisotopic (exact) mass is 275 g/mol. The highest BCUT2D eigenvalue weighted by molar-refractivity contribution is 5.96. The molecule has 0 aliphatic carbocycles. The molecule has 0 heterocycles. The van der Waals surface area contributed by atoms with Crippen molar-refractivity contribution in [2.45, 2.75) is 19.9 Å². The van der Waals surface area contributed by atoms with E-state index in [1.54, 1.807) is 38.1 Å². The topological polar surface area (TPSA) is 75.6 Å². The fourth-order valence-corrected chi connectivity index (χ4v) is 1.57. The molecular formula is C15H17NO4. The van der Waals surface area contributed by atoms with Crippen LogP contribution in [0, 0.1) is 18.3 Å². The van der Waals surface area contributed by atoms with Gasteiger partial charge in [0.15, 0.2) is 0 Å². The Morgan fingerprint density at radius 2 is 1.95 bits per heavy atom. The van der Waals surface area contributed by atoms with Crippen LogP contribution >= 0.6 is 0 Å². The van der Waals surface area contributed by atoms with E-state index in [0.29, 0.717) is 11.3 Å². The van der Waals surface area contributed by atoms with Gasteiger partial charge in [-0.2, -0.15) is 0 Å². The van der Waals surface area contributed by atoms with Crippen molar-refractivity contribution in [2.75, 3.05) is 6.61 Å². The van der Waals surface area contributed by atoms with Gasteiger partial charge in [-0.15, -0.1) is 6.42 Å². The van der Waals surface area contributed by atoms with Crippen LogP contribution < -0.4 is 10.1 Å². The standard InChI is InChI=1S/C15H17NO4/c1-4-9-20-12-7-5-11(6-8-12)14(17)16-13(10(2)3)15(18)19/h1,5-8,10,13H,9H2,2-3H3,(H,16,17)(H,18,19). The van der Waals surface area contributed by atoms with Crippen molar-refractivity contribution in [1.82, 2.24) is 5.32 Å². The van der Waals surface area contributed by atoms with Gasteiger partial charge >= 0.3 is 5.97 Å². The normalized spacial score (nSPS) is 11.5. The minimum Gasteiger partial charge on any atom is -0.481 e. The first-order chi connectivity index (χ1) is 9.45. The first-order valence-corrected chi connectivity index (χ1v) is 6.15. The quantitative estimate of drug-likeness (QED) is 0.772. The van der Waals surface area contributed by atoms with Gasteiger partial charge in [-0.1, -0.05) is 19.8 Å². The average molecular weight is 275 g/mol. The number of benzene rings is 1. The van der Waals surface area contributed by atoms with Crippen molar-refractivity contribution in [3.05, 3.63) is 29.8 Å². The summed E-state index contributed by atoms with van der Waals surface area (Å²) in [5.41, 5.74) is 0.366. The third-order valence-corrected chi connectivity index (χ3v) is 2.66. The Kier molecular flexibility index (Phi) is 5.60. The minimum absolute atomic E-state index is 0.153. The highest BCUT2D eigenvalue weighted by Crippen LogP contribution is 2.12. The van der Waals surface area contributed by atoms with Gasteiger partial charge in [0.1, 0.15) is 18.4 Å². The largest absolute Gasteiger partial charge is 0.481 e. The van der Waals surface area contributed by atoms with E-state index in [1.165, 1.54) is 0 Å². The molecular weight excluding hydrogens is 258 g/mol. The molecule has 0 bridgehead atoms. The fourth-order valence-electron chi connectivity index (χ4n) is 1.57. The second-order valence-corrected chi connectivity index (χ2v) is 4.55. The van der Waals surface area contributed by atoms with Crippen LogP contribution in [0.25, 0.3) is 0 Å². The molecule has 0 aliphatic heterocycles. The number of carboxylic acids is 1. The molecule has 2 N–H and O–H groups in total. The van der Waals surface area contributed by atoms with Crippen molar-refractivity contribution in [2.24, 2.45) is 5.92 Å². The van der Waals surface area contributed by atoms with E-state index in [4.69, 9.17) is 16.3 Å². The third-order valence-electron chi connectivity index (χ3n) is 2.66. The summed E-state index contributed by atoms with van der Waals surface area (Å²) >= 11 is 0. The molecule has 1 atom stereocenters. The van der Waals surface area contributed by atoms with Crippen molar-refractivity contribution < 1.29 is 19.4 Å². The number of carboxylic acid groups (broad SMARTS) is 1. The number of carbonyl (C=O) groups excluding carboxylic acids is 1. The summed E-state index contributed by atoms with van der Waals surface area (Å²) < 4.78 is 5.19. The highest BCUT2D eigenvalue weighted by atomic mass is 16.5. The maximum Gasteiger partial charge on any atom is 0.326 e. The zero-order valence-corrected chi connectivity index (χ0v) is 11.4. The van der Waals surface area contributed by atoms with Gasteiger partial charge < -0.3 is 15.2 Å². The number of nitrogens with one attached hydrogen (secondary N) is 1. The number of carbonyl (C=O) groups is 2. The van der Waals surface area contributed by atoms with E-state index in [-0.39, 0.29) is 12.5 Å². The summed E-state index contributed by atoms with van der Waals surface area (Å²) in [5, 5.41) is 11.5. The number of hydrogen-bond donors (Lipinski definition) is 2. The summed E-state index contributed by atoms with van der Waals surface area (Å²) in [4.78, 5) is 23.0. The van der Waals surface area contributed by atoms with Crippen LogP contribution in [0.4, 0.5) is 0 Å². The smallest absolute Gasteiger partial charge is 0.326 e. The number of ether oxygens (including phenoxy) is 1. The number of aliphatic carboxylic acids is 1. The Morgan fingerprint density at radius 1 is 1.35 bits per heavy atom. The summed E-state index contributed by atoms with van der Waals surface area (Å²) in [5.74, 6) is 1.20. The summed E-state index contributed by atoms with van der Waals surface area (Å²) in [6, 6.07) is 5.41. The van der Waals surface area contributed by atoms with Crippen LogP contribution in [-0.2, 0) is 4.79 Å². The van der Waals surface area contributed by atoms with Gasteiger partial charge in [0, 0.05) is 5.56 Å². The first kappa shape index (κ1) is 15.6. The van der Waals surface area contributed by atoms with Gasteiger partial charge in [0.05, 0.1) is 0 Å². The lowest BCUT2D eigenvalue weighted by molar-refractivity contribution is -0.140. The highest BCUT2D eigenvalue weighted by Gasteiger charge is 2.23. The Morgan fingerprint density at radius 3 is 2.40 bits per heavy atom. The molecule has 0 spiro atoms. The van der Waals surface area contributed by atoms with Gasteiger partial charge in [0.2, 0.25) is 0 Å². The molecule has 106 valence electrons. The lowest BCUT2D eigenvalue weighted by Gasteiger charge is -2.17. The minimum atomic E-state index is -1.05. The first-order valence-electron chi connectivity index (χ1n) is 6.15. The van der Waals surface area contributed by atoms with Gasteiger partial charge in [-0.25, -0.2) is 4.79 Å². The van der Waals surface area contributed by atoms with Crippen LogP contribution in [0.1, 0.15) is 24.2 Å². The van der Waals surface area contributed by atoms with E-state index < -0.39 is 17.9 Å². The number of hydrogen-bond acceptors (Lipinski definition) is 3. The summed E-state index contributed by atoms with van der Waals surface area (Å²) in [6.45, 7) is 3.62. The van der Waals surface area contributed by atoms with Gasteiger partial charge in [-0.3, -0.25) is 4.79 Å². The molecule has 5 nitrogen and oxygen atoms in total. The molecule has 0 fully saturated rings. The average Bonchev–Trinajstić information content (AvgIpc) is 2.42. The summed E-state index contributed by atoms with van der Waals surface area (Å²) in [7, 11) is 0. The number of terminal acetylenes is 1. The molecule has 0 saturated heterocycles. The number of amides is 1. The van der Waals surface area contributed by atoms with Crippen molar-refractivity contribution in [1.29, 1.82) is 0 Å². The van der Waals surface area contributed by atoms with E-state index in [9.17, 15) is 9.59 Å². The summed E-state index contributed by atoms with van der Waals surface area (Å²) in [6.07, 6.45) is 5.07. The van der Waals surface area contributed by atoms with E-state index in [1.807, 2.05) is 0 Å². The zero-order chi connectivity index (χ0) is 15.1. The van der Waals surface area contributed by atoms with E-state index >= 15 is 0 Å². The lowest BCUT2D eigenvalue weighted by Crippen LogP contribution is -2.44. The molecule has 1 amide bonds. The van der Waals surface area contributed by atoms with Crippen LogP contribution in [0.15, 0.2) is 24.3 Å². The molecule has 5 heteroatoms. The van der Waals surface area contributed by atoms with Crippen molar-refractivity contribution >= 4 is 11.9 Å². The molecule has 1 aromatic rings. The molecule has 0 radical (unpaired) electrons. The molecule has 1 rings (SSSR count). The van der Waals surface area contributed by atoms with E-state index in [0.717, 1.165) is 0 Å². The maximum absolute atomic E-state index is 11.9. The van der Waals surface area contributed by atoms with Crippen molar-refractivity contribution in [3.63, 3.8) is 0 Å². The second kappa shape index (κ2) is 7.19. The van der Waals surface area contributed by atoms with Crippen LogP contribution in [-0.4, -0.2) is 29.6 Å². The second-order valence-electron chi connectivity index (χ2n) is 4.55. The molecule has 1 aromatic carbocycles. The zero-order valence-electron chi connectivity index (χ0n) is 11.4. The number of rotatable bonds is 6. The Hall–Kier alpha value is -2.48. The SMILES string of the molecule is C#CCOc1ccc(C(=O)NC(C(=O)O)C(C)C)cc1. The Balaban J connectivity index is 2.72. The third kappa shape index (κ3) is 4.32. The van der Waals surface area contributed by atoms with Gasteiger partial charge in [0.25, 0.3) is 5.91 Å².